The van der Waals surface area contributed by atoms with Crippen LogP contribution in [0.15, 0.2) is 95.9 Å². The highest BCUT2D eigenvalue weighted by molar-refractivity contribution is 14.1. The highest BCUT2D eigenvalue weighted by atomic mass is 127. The fourth-order valence-electron chi connectivity index (χ4n) is 3.90. The van der Waals surface area contributed by atoms with Crippen LogP contribution in [0.3, 0.4) is 0 Å². The Kier molecular flexibility index (Phi) is 7.57. The molecule has 37 heavy (non-hydrogen) atoms. The number of nitrogens with one attached hydrogen (secondary N) is 1. The van der Waals surface area contributed by atoms with Gasteiger partial charge in [0, 0.05) is 9.26 Å². The lowest BCUT2D eigenvalue weighted by Crippen LogP contribution is -2.36. The Hall–Kier alpha value is -3.63. The van der Waals surface area contributed by atoms with Crippen LogP contribution in [0.25, 0.3) is 16.8 Å². The summed E-state index contributed by atoms with van der Waals surface area (Å²) in [4.78, 5) is 38.8. The molecule has 1 aliphatic rings. The van der Waals surface area contributed by atoms with Gasteiger partial charge in [0.15, 0.2) is 0 Å². The van der Waals surface area contributed by atoms with E-state index in [2.05, 4.69) is 46.1 Å². The lowest BCUT2D eigenvalue weighted by molar-refractivity contribution is -0.127. The molecule has 0 unspecified atom stereocenters. The van der Waals surface area contributed by atoms with Gasteiger partial charge in [0.1, 0.15) is 18.9 Å². The number of halogens is 1. The zero-order valence-corrected chi connectivity index (χ0v) is 22.5. The first-order chi connectivity index (χ1) is 18.0. The van der Waals surface area contributed by atoms with Gasteiger partial charge in [0.2, 0.25) is 5.91 Å². The quantitative estimate of drug-likeness (QED) is 0.184. The van der Waals surface area contributed by atoms with Crippen molar-refractivity contribution in [2.24, 2.45) is 0 Å². The minimum atomic E-state index is -0.482. The van der Waals surface area contributed by atoms with E-state index in [1.165, 1.54) is 5.39 Å². The van der Waals surface area contributed by atoms with Crippen molar-refractivity contribution in [1.82, 2.24) is 4.90 Å². The van der Waals surface area contributed by atoms with E-state index < -0.39 is 17.1 Å². The molecular formula is C29H21IN2O4S. The molecule has 0 radical (unpaired) electrons. The maximum absolute atomic E-state index is 12.8. The zero-order valence-electron chi connectivity index (χ0n) is 19.5. The van der Waals surface area contributed by atoms with E-state index in [9.17, 15) is 14.4 Å². The molecule has 5 rings (SSSR count). The molecule has 1 heterocycles. The molecule has 1 aliphatic heterocycles. The molecule has 1 N–H and O–H groups in total. The summed E-state index contributed by atoms with van der Waals surface area (Å²) in [6, 6.07) is 28.9. The van der Waals surface area contributed by atoms with E-state index in [0.717, 1.165) is 36.7 Å². The van der Waals surface area contributed by atoms with Crippen LogP contribution in [0.2, 0.25) is 0 Å². The Labute approximate surface area is 231 Å². The van der Waals surface area contributed by atoms with Gasteiger partial charge in [0.05, 0.1) is 4.91 Å². The third-order valence-corrected chi connectivity index (χ3v) is 7.38. The molecule has 1 fully saturated rings. The van der Waals surface area contributed by atoms with Gasteiger partial charge >= 0.3 is 0 Å². The number of rotatable bonds is 7. The molecule has 4 aromatic carbocycles. The molecule has 0 bridgehead atoms. The van der Waals surface area contributed by atoms with Gasteiger partial charge in [-0.15, -0.1) is 0 Å². The maximum atomic E-state index is 12.8. The van der Waals surface area contributed by atoms with E-state index in [4.69, 9.17) is 4.74 Å². The number of hydrogen-bond donors (Lipinski definition) is 1. The minimum Gasteiger partial charge on any atom is -0.489 e. The fourth-order valence-corrected chi connectivity index (χ4v) is 5.10. The normalized spacial score (nSPS) is 14.4. The highest BCUT2D eigenvalue weighted by Gasteiger charge is 2.36. The van der Waals surface area contributed by atoms with Crippen LogP contribution in [-0.2, 0) is 16.2 Å². The van der Waals surface area contributed by atoms with Crippen molar-refractivity contribution < 1.29 is 19.1 Å². The van der Waals surface area contributed by atoms with Gasteiger partial charge in [-0.2, -0.15) is 0 Å². The first-order valence-corrected chi connectivity index (χ1v) is 13.4. The van der Waals surface area contributed by atoms with E-state index in [1.807, 2.05) is 60.7 Å². The van der Waals surface area contributed by atoms with Crippen LogP contribution < -0.4 is 10.1 Å². The van der Waals surface area contributed by atoms with Gasteiger partial charge in [-0.05, 0) is 98.7 Å². The van der Waals surface area contributed by atoms with Crippen LogP contribution >= 0.6 is 34.4 Å². The molecule has 3 amide bonds. The van der Waals surface area contributed by atoms with Crippen molar-refractivity contribution in [2.45, 2.75) is 6.61 Å². The average Bonchev–Trinajstić information content (AvgIpc) is 3.16. The van der Waals surface area contributed by atoms with Gasteiger partial charge in [-0.3, -0.25) is 19.3 Å². The SMILES string of the molecule is O=C(CN1C(=O)S/C(=C/c2ccc(OCc3cccc4ccccc34)cc2)C1=O)Nc1ccc(I)cc1. The fraction of sp³-hybridized carbons (Fsp3) is 0.0690. The van der Waals surface area contributed by atoms with Gasteiger partial charge in [0.25, 0.3) is 11.1 Å². The number of imide groups is 1. The molecule has 0 spiro atoms. The molecule has 0 aliphatic carbocycles. The number of anilines is 1. The number of fused-ring (bicyclic) bond motifs is 1. The summed E-state index contributed by atoms with van der Waals surface area (Å²) in [6.45, 7) is 0.0960. The molecule has 0 aromatic heterocycles. The van der Waals surface area contributed by atoms with Crippen LogP contribution in [-0.4, -0.2) is 28.5 Å². The Bertz CT molecular complexity index is 1510. The second-order valence-electron chi connectivity index (χ2n) is 8.32. The summed E-state index contributed by atoms with van der Waals surface area (Å²) in [7, 11) is 0. The lowest BCUT2D eigenvalue weighted by Gasteiger charge is -2.12. The highest BCUT2D eigenvalue weighted by Crippen LogP contribution is 2.32. The standard InChI is InChI=1S/C29H21IN2O4S/c30-22-10-12-23(13-11-22)31-27(33)17-32-28(34)26(37-29(32)35)16-19-8-14-24(15-9-19)36-18-21-6-3-5-20-4-1-2-7-25(20)21/h1-16H,17-18H2,(H,31,33)/b26-16+. The Morgan fingerprint density at radius 1 is 0.919 bits per heavy atom. The Morgan fingerprint density at radius 2 is 1.65 bits per heavy atom. The van der Waals surface area contributed by atoms with Crippen LogP contribution in [0, 0.1) is 3.57 Å². The number of carbonyl (C=O) groups is 3. The molecule has 4 aromatic rings. The number of amides is 3. The summed E-state index contributed by atoms with van der Waals surface area (Å²) in [5.74, 6) is -0.216. The number of thioether (sulfide) groups is 1. The summed E-state index contributed by atoms with van der Waals surface area (Å²) in [6.07, 6.45) is 1.65. The van der Waals surface area contributed by atoms with Crippen molar-refractivity contribution in [2.75, 3.05) is 11.9 Å². The summed E-state index contributed by atoms with van der Waals surface area (Å²) in [5, 5.41) is 4.57. The average molecular weight is 620 g/mol. The first-order valence-electron chi connectivity index (χ1n) is 11.5. The van der Waals surface area contributed by atoms with Crippen molar-refractivity contribution in [3.8, 4) is 5.75 Å². The Morgan fingerprint density at radius 3 is 2.43 bits per heavy atom. The van der Waals surface area contributed by atoms with E-state index >= 15 is 0 Å². The largest absolute Gasteiger partial charge is 0.489 e. The predicted octanol–water partition coefficient (Wildman–Crippen LogP) is 6.70. The second-order valence-corrected chi connectivity index (χ2v) is 10.6. The van der Waals surface area contributed by atoms with Crippen molar-refractivity contribution in [3.05, 3.63) is 111 Å². The number of benzene rings is 4. The monoisotopic (exact) mass is 620 g/mol. The first kappa shape index (κ1) is 25.0. The van der Waals surface area contributed by atoms with E-state index in [1.54, 1.807) is 18.2 Å². The summed E-state index contributed by atoms with van der Waals surface area (Å²) < 4.78 is 7.02. The van der Waals surface area contributed by atoms with Crippen molar-refractivity contribution >= 4 is 73.9 Å². The van der Waals surface area contributed by atoms with Crippen LogP contribution in [0.4, 0.5) is 10.5 Å². The molecule has 0 atom stereocenters. The summed E-state index contributed by atoms with van der Waals surface area (Å²) in [5.41, 5.74) is 2.46. The van der Waals surface area contributed by atoms with Gasteiger partial charge in [-0.1, -0.05) is 54.6 Å². The lowest BCUT2D eigenvalue weighted by atomic mass is 10.1. The molecule has 184 valence electrons. The van der Waals surface area contributed by atoms with Crippen molar-refractivity contribution in [3.63, 3.8) is 0 Å². The third kappa shape index (κ3) is 6.03. The van der Waals surface area contributed by atoms with E-state index in [0.29, 0.717) is 18.0 Å². The smallest absolute Gasteiger partial charge is 0.294 e. The number of nitrogens with zero attached hydrogens (tertiary/aromatic N) is 1. The van der Waals surface area contributed by atoms with Crippen LogP contribution in [0.1, 0.15) is 11.1 Å². The minimum absolute atomic E-state index is 0.275. The number of hydrogen-bond acceptors (Lipinski definition) is 5. The molecule has 0 saturated carbocycles. The van der Waals surface area contributed by atoms with Gasteiger partial charge in [-0.25, -0.2) is 0 Å². The van der Waals surface area contributed by atoms with Gasteiger partial charge < -0.3 is 10.1 Å². The topological polar surface area (TPSA) is 75.7 Å². The predicted molar refractivity (Wildman–Crippen MR) is 155 cm³/mol. The second kappa shape index (κ2) is 11.2. The molecule has 8 heteroatoms. The maximum Gasteiger partial charge on any atom is 0.294 e. The molecule has 1 saturated heterocycles. The number of carbonyl (C=O) groups excluding carboxylic acids is 3. The van der Waals surface area contributed by atoms with Crippen molar-refractivity contribution in [1.29, 1.82) is 0 Å². The Balaban J connectivity index is 1.20. The third-order valence-electron chi connectivity index (χ3n) is 5.76. The molecule has 6 nitrogen and oxygen atoms in total. The summed E-state index contributed by atoms with van der Waals surface area (Å²) >= 11 is 3.00. The van der Waals surface area contributed by atoms with E-state index in [-0.39, 0.29) is 11.4 Å². The number of ether oxygens (including phenoxy) is 1. The zero-order chi connectivity index (χ0) is 25.8. The molecular weight excluding hydrogens is 599 g/mol. The van der Waals surface area contributed by atoms with Crippen LogP contribution in [0.5, 0.6) is 5.75 Å².